The lowest BCUT2D eigenvalue weighted by atomic mass is 10.1. The highest BCUT2D eigenvalue weighted by molar-refractivity contribution is 8.26. The van der Waals surface area contributed by atoms with E-state index in [0.29, 0.717) is 14.8 Å². The highest BCUT2D eigenvalue weighted by Gasteiger charge is 2.22. The van der Waals surface area contributed by atoms with Crippen LogP contribution < -0.4 is 5.32 Å². The Balaban J connectivity index is 2.40. The van der Waals surface area contributed by atoms with Crippen LogP contribution in [0.4, 0.5) is 0 Å². The molecule has 82 valence electrons. The predicted molar refractivity (Wildman–Crippen MR) is 66.1 cm³/mol. The van der Waals surface area contributed by atoms with Gasteiger partial charge in [-0.05, 0) is 12.1 Å². The molecule has 0 radical (unpaired) electrons. The third-order valence-electron chi connectivity index (χ3n) is 1.97. The maximum atomic E-state index is 11.4. The number of carbonyl (C=O) groups excluding carboxylic acids is 1. The zero-order valence-corrected chi connectivity index (χ0v) is 9.56. The number of rotatable bonds is 1. The normalized spacial score (nSPS) is 17.9. The minimum absolute atomic E-state index is 0.222. The summed E-state index contributed by atoms with van der Waals surface area (Å²) in [6.45, 7) is 0. The molecule has 16 heavy (non-hydrogen) atoms. The molecule has 0 atom stereocenters. The molecule has 1 aromatic rings. The number of hydrogen-bond donors (Lipinski definition) is 3. The molecule has 0 aliphatic carbocycles. The van der Waals surface area contributed by atoms with E-state index in [-0.39, 0.29) is 17.4 Å². The van der Waals surface area contributed by atoms with Crippen molar-refractivity contribution in [3.05, 3.63) is 28.7 Å². The quantitative estimate of drug-likeness (QED) is 0.403. The van der Waals surface area contributed by atoms with Crippen molar-refractivity contribution in [3.63, 3.8) is 0 Å². The van der Waals surface area contributed by atoms with Crippen LogP contribution in [0.1, 0.15) is 5.56 Å². The first-order valence-corrected chi connectivity index (χ1v) is 5.56. The maximum absolute atomic E-state index is 11.4. The molecule has 1 fully saturated rings. The molecule has 0 aromatic heterocycles. The first-order valence-electron chi connectivity index (χ1n) is 4.34. The van der Waals surface area contributed by atoms with Gasteiger partial charge in [0.1, 0.15) is 4.32 Å². The van der Waals surface area contributed by atoms with Gasteiger partial charge < -0.3 is 15.5 Å². The van der Waals surface area contributed by atoms with Gasteiger partial charge in [0.2, 0.25) is 0 Å². The van der Waals surface area contributed by atoms with E-state index in [1.54, 1.807) is 12.1 Å². The number of phenolic OH excluding ortho intramolecular Hbond substituents is 2. The topological polar surface area (TPSA) is 69.6 Å². The third kappa shape index (κ3) is 2.02. The smallest absolute Gasteiger partial charge is 0.263 e. The minimum Gasteiger partial charge on any atom is -0.504 e. The van der Waals surface area contributed by atoms with E-state index in [2.05, 4.69) is 5.32 Å². The maximum Gasteiger partial charge on any atom is 0.263 e. The van der Waals surface area contributed by atoms with E-state index < -0.39 is 0 Å². The van der Waals surface area contributed by atoms with E-state index in [0.717, 1.165) is 11.8 Å². The molecule has 1 saturated heterocycles. The van der Waals surface area contributed by atoms with Crippen LogP contribution in [0.2, 0.25) is 0 Å². The highest BCUT2D eigenvalue weighted by atomic mass is 32.2. The molecule has 1 aliphatic heterocycles. The fourth-order valence-corrected chi connectivity index (χ4v) is 2.26. The minimum atomic E-state index is -0.294. The summed E-state index contributed by atoms with van der Waals surface area (Å²) in [7, 11) is 0. The molecular weight excluding hydrogens is 246 g/mol. The lowest BCUT2D eigenvalue weighted by Crippen LogP contribution is -2.17. The molecule has 0 unspecified atom stereocenters. The lowest BCUT2D eigenvalue weighted by Gasteiger charge is -2.01. The SMILES string of the molecule is O=C1NC(=S)S/C1=C/c1cccc(O)c1O. The number of thioether (sulfide) groups is 1. The van der Waals surface area contributed by atoms with Crippen molar-refractivity contribution in [2.45, 2.75) is 0 Å². The van der Waals surface area contributed by atoms with E-state index in [9.17, 15) is 15.0 Å². The van der Waals surface area contributed by atoms with Gasteiger partial charge in [-0.25, -0.2) is 0 Å². The average Bonchev–Trinajstić information content (AvgIpc) is 2.53. The van der Waals surface area contributed by atoms with Crippen LogP contribution in [-0.2, 0) is 4.79 Å². The number of para-hydroxylation sites is 1. The summed E-state index contributed by atoms with van der Waals surface area (Å²) in [5.74, 6) is -0.765. The van der Waals surface area contributed by atoms with Gasteiger partial charge in [0.05, 0.1) is 4.91 Å². The summed E-state index contributed by atoms with van der Waals surface area (Å²) in [6.07, 6.45) is 1.48. The molecule has 1 aromatic carbocycles. The van der Waals surface area contributed by atoms with Crippen LogP contribution >= 0.6 is 24.0 Å². The molecular formula is C10H7NO3S2. The van der Waals surface area contributed by atoms with Crippen molar-refractivity contribution in [1.29, 1.82) is 0 Å². The Bertz CT molecular complexity index is 511. The van der Waals surface area contributed by atoms with E-state index >= 15 is 0 Å². The van der Waals surface area contributed by atoms with Crippen LogP contribution in [-0.4, -0.2) is 20.4 Å². The van der Waals surface area contributed by atoms with Gasteiger partial charge in [0.25, 0.3) is 5.91 Å². The Morgan fingerprint density at radius 1 is 1.38 bits per heavy atom. The first-order chi connectivity index (χ1) is 7.58. The zero-order valence-electron chi connectivity index (χ0n) is 7.93. The summed E-state index contributed by atoms with van der Waals surface area (Å²) < 4.78 is 0.385. The second kappa shape index (κ2) is 4.15. The largest absolute Gasteiger partial charge is 0.504 e. The molecule has 0 bridgehead atoms. The van der Waals surface area contributed by atoms with Crippen molar-refractivity contribution in [3.8, 4) is 11.5 Å². The number of nitrogens with one attached hydrogen (secondary N) is 1. The summed E-state index contributed by atoms with van der Waals surface area (Å²) in [5.41, 5.74) is 0.377. The van der Waals surface area contributed by atoms with Gasteiger partial charge in [-0.15, -0.1) is 0 Å². The number of phenols is 2. The van der Waals surface area contributed by atoms with Crippen LogP contribution in [0.25, 0.3) is 6.08 Å². The number of aromatic hydroxyl groups is 2. The molecule has 2 rings (SSSR count). The number of thiocarbonyl (C=S) groups is 1. The van der Waals surface area contributed by atoms with E-state index in [1.807, 2.05) is 0 Å². The standard InChI is InChI=1S/C10H7NO3S2/c12-6-3-1-2-5(8(6)13)4-7-9(14)11-10(15)16-7/h1-4,12-13H,(H,11,14,15)/b7-4+. The lowest BCUT2D eigenvalue weighted by molar-refractivity contribution is -0.115. The summed E-state index contributed by atoms with van der Waals surface area (Å²) in [4.78, 5) is 11.7. The fourth-order valence-electron chi connectivity index (χ4n) is 1.23. The fraction of sp³-hybridized carbons (Fsp3) is 0. The number of benzene rings is 1. The third-order valence-corrected chi connectivity index (χ3v) is 3.14. The average molecular weight is 253 g/mol. The Morgan fingerprint density at radius 2 is 2.12 bits per heavy atom. The van der Waals surface area contributed by atoms with Crippen molar-refractivity contribution >= 4 is 40.3 Å². The van der Waals surface area contributed by atoms with Gasteiger partial charge in [-0.2, -0.15) is 0 Å². The first kappa shape index (κ1) is 11.0. The molecule has 3 N–H and O–H groups in total. The van der Waals surface area contributed by atoms with Crippen LogP contribution in [0, 0.1) is 0 Å². The Kier molecular flexibility index (Phi) is 2.84. The van der Waals surface area contributed by atoms with Crippen molar-refractivity contribution in [2.75, 3.05) is 0 Å². The number of hydrogen-bond acceptors (Lipinski definition) is 5. The molecule has 0 spiro atoms. The second-order valence-corrected chi connectivity index (χ2v) is 4.79. The molecule has 1 heterocycles. The summed E-state index contributed by atoms with van der Waals surface area (Å²) in [6, 6.07) is 4.54. The van der Waals surface area contributed by atoms with Crippen LogP contribution in [0.5, 0.6) is 11.5 Å². The molecule has 6 heteroatoms. The summed E-state index contributed by atoms with van der Waals surface area (Å²) in [5, 5.41) is 21.3. The predicted octanol–water partition coefficient (Wildman–Crippen LogP) is 1.59. The van der Waals surface area contributed by atoms with E-state index in [1.165, 1.54) is 12.1 Å². The number of carbonyl (C=O) groups is 1. The molecule has 1 amide bonds. The van der Waals surface area contributed by atoms with Crippen LogP contribution in [0.15, 0.2) is 23.1 Å². The Morgan fingerprint density at radius 3 is 2.75 bits per heavy atom. The second-order valence-electron chi connectivity index (χ2n) is 3.07. The van der Waals surface area contributed by atoms with E-state index in [4.69, 9.17) is 12.2 Å². The van der Waals surface area contributed by atoms with Gasteiger partial charge >= 0.3 is 0 Å². The van der Waals surface area contributed by atoms with Crippen molar-refractivity contribution < 1.29 is 15.0 Å². The highest BCUT2D eigenvalue weighted by Crippen LogP contribution is 2.33. The van der Waals surface area contributed by atoms with Gasteiger partial charge in [-0.3, -0.25) is 4.79 Å². The van der Waals surface area contributed by atoms with Gasteiger partial charge in [0.15, 0.2) is 11.5 Å². The molecule has 0 saturated carbocycles. The molecule has 4 nitrogen and oxygen atoms in total. The van der Waals surface area contributed by atoms with Crippen LogP contribution in [0.3, 0.4) is 0 Å². The Labute approximate surface area is 101 Å². The number of amides is 1. The monoisotopic (exact) mass is 253 g/mol. The van der Waals surface area contributed by atoms with Gasteiger partial charge in [0, 0.05) is 5.56 Å². The molecule has 1 aliphatic rings. The van der Waals surface area contributed by atoms with Crippen molar-refractivity contribution in [1.82, 2.24) is 5.32 Å². The Hall–Kier alpha value is -1.53. The van der Waals surface area contributed by atoms with Gasteiger partial charge in [-0.1, -0.05) is 36.1 Å². The zero-order chi connectivity index (χ0) is 11.7. The summed E-state index contributed by atoms with van der Waals surface area (Å²) >= 11 is 5.95. The van der Waals surface area contributed by atoms with Crippen molar-refractivity contribution in [2.24, 2.45) is 0 Å².